The highest BCUT2D eigenvalue weighted by atomic mass is 16.2. The predicted octanol–water partition coefficient (Wildman–Crippen LogP) is 1.07. The SMILES string of the molecule is O=C(CN1C(=O)C2C3C=CC(C3)C2C1=O)N1CC2C3C=CC(C3)C2C1. The summed E-state index contributed by atoms with van der Waals surface area (Å²) in [6.45, 7) is 1.54. The van der Waals surface area contributed by atoms with Gasteiger partial charge < -0.3 is 4.90 Å². The second-order valence-corrected chi connectivity index (χ2v) is 8.84. The van der Waals surface area contributed by atoms with E-state index in [1.54, 1.807) is 0 Å². The van der Waals surface area contributed by atoms with Gasteiger partial charge >= 0.3 is 0 Å². The van der Waals surface area contributed by atoms with E-state index < -0.39 is 0 Å². The van der Waals surface area contributed by atoms with E-state index in [4.69, 9.17) is 0 Å². The molecule has 2 saturated heterocycles. The molecule has 8 unspecified atom stereocenters. The summed E-state index contributed by atoms with van der Waals surface area (Å²) in [6, 6.07) is 0. The summed E-state index contributed by atoms with van der Waals surface area (Å²) in [4.78, 5) is 41.5. The first-order valence-corrected chi connectivity index (χ1v) is 9.61. The summed E-state index contributed by atoms with van der Waals surface area (Å²) >= 11 is 0. The van der Waals surface area contributed by atoms with E-state index in [2.05, 4.69) is 24.3 Å². The van der Waals surface area contributed by atoms with Crippen LogP contribution in [0.15, 0.2) is 24.3 Å². The molecule has 0 aromatic carbocycles. The van der Waals surface area contributed by atoms with E-state index in [0.29, 0.717) is 23.7 Å². The minimum atomic E-state index is -0.201. The highest BCUT2D eigenvalue weighted by Crippen LogP contribution is 2.53. The fraction of sp³-hybridized carbons (Fsp3) is 0.650. The van der Waals surface area contributed by atoms with Crippen LogP contribution in [-0.2, 0) is 14.4 Å². The molecule has 0 radical (unpaired) electrons. The molecule has 3 amide bonds. The molecule has 0 spiro atoms. The lowest BCUT2D eigenvalue weighted by Crippen LogP contribution is -2.43. The number of carbonyl (C=O) groups is 3. The molecule has 0 N–H and O–H groups in total. The lowest BCUT2D eigenvalue weighted by molar-refractivity contribution is -0.146. The van der Waals surface area contributed by atoms with Crippen molar-refractivity contribution in [1.29, 1.82) is 0 Å². The largest absolute Gasteiger partial charge is 0.341 e. The number of allylic oxidation sites excluding steroid dienone is 4. The van der Waals surface area contributed by atoms with Crippen molar-refractivity contribution in [2.75, 3.05) is 19.6 Å². The fourth-order valence-corrected chi connectivity index (χ4v) is 6.71. The van der Waals surface area contributed by atoms with Gasteiger partial charge in [0.1, 0.15) is 6.54 Å². The molecule has 2 aliphatic heterocycles. The van der Waals surface area contributed by atoms with Crippen LogP contribution in [-0.4, -0.2) is 47.2 Å². The number of amides is 3. The van der Waals surface area contributed by atoms with Gasteiger partial charge in [0.15, 0.2) is 0 Å². The lowest BCUT2D eigenvalue weighted by atomic mass is 9.85. The second kappa shape index (κ2) is 4.63. The summed E-state index contributed by atoms with van der Waals surface area (Å²) in [5.41, 5.74) is 0. The van der Waals surface area contributed by atoms with Crippen LogP contribution < -0.4 is 0 Å². The molecule has 2 saturated carbocycles. The number of hydrogen-bond donors (Lipinski definition) is 0. The van der Waals surface area contributed by atoms with Crippen molar-refractivity contribution in [2.45, 2.75) is 12.8 Å². The summed E-state index contributed by atoms with van der Waals surface area (Å²) in [7, 11) is 0. The van der Waals surface area contributed by atoms with Gasteiger partial charge in [0, 0.05) is 13.1 Å². The molecule has 4 aliphatic carbocycles. The van der Waals surface area contributed by atoms with E-state index in [-0.39, 0.29) is 47.9 Å². The number of rotatable bonds is 2. The number of nitrogens with zero attached hydrogens (tertiary/aromatic N) is 2. The van der Waals surface area contributed by atoms with Crippen LogP contribution in [0, 0.1) is 47.3 Å². The highest BCUT2D eigenvalue weighted by Gasteiger charge is 2.59. The normalized spacial score (nSPS) is 48.2. The van der Waals surface area contributed by atoms with E-state index in [9.17, 15) is 14.4 Å². The van der Waals surface area contributed by atoms with Gasteiger partial charge in [0.05, 0.1) is 11.8 Å². The van der Waals surface area contributed by atoms with Gasteiger partial charge in [-0.15, -0.1) is 0 Å². The minimum absolute atomic E-state index is 0.0456. The Kier molecular flexibility index (Phi) is 2.64. The van der Waals surface area contributed by atoms with Crippen molar-refractivity contribution >= 4 is 17.7 Å². The third-order valence-corrected chi connectivity index (χ3v) is 7.87. The second-order valence-electron chi connectivity index (χ2n) is 8.84. The molecule has 5 heteroatoms. The highest BCUT2D eigenvalue weighted by molar-refractivity contribution is 6.08. The maximum Gasteiger partial charge on any atom is 0.242 e. The van der Waals surface area contributed by atoms with Gasteiger partial charge in [-0.25, -0.2) is 0 Å². The molecule has 4 fully saturated rings. The number of likely N-dealkylation sites (tertiary alicyclic amines) is 2. The summed E-state index contributed by atoms with van der Waals surface area (Å²) in [5, 5.41) is 0. The van der Waals surface area contributed by atoms with Crippen LogP contribution >= 0.6 is 0 Å². The molecule has 25 heavy (non-hydrogen) atoms. The van der Waals surface area contributed by atoms with E-state index in [0.717, 1.165) is 19.5 Å². The van der Waals surface area contributed by atoms with Gasteiger partial charge in [0.25, 0.3) is 0 Å². The van der Waals surface area contributed by atoms with Crippen molar-refractivity contribution in [3.63, 3.8) is 0 Å². The van der Waals surface area contributed by atoms with Crippen molar-refractivity contribution in [3.05, 3.63) is 24.3 Å². The topological polar surface area (TPSA) is 57.7 Å². The van der Waals surface area contributed by atoms with Gasteiger partial charge in [0.2, 0.25) is 17.7 Å². The Labute approximate surface area is 146 Å². The molecule has 5 nitrogen and oxygen atoms in total. The van der Waals surface area contributed by atoms with Gasteiger partial charge in [-0.05, 0) is 48.3 Å². The van der Waals surface area contributed by atoms with Gasteiger partial charge in [-0.2, -0.15) is 0 Å². The molecule has 130 valence electrons. The average Bonchev–Trinajstić information content (AvgIpc) is 3.38. The molecule has 0 aromatic heterocycles. The number of fused-ring (bicyclic) bond motifs is 10. The predicted molar refractivity (Wildman–Crippen MR) is 88.7 cm³/mol. The first-order chi connectivity index (χ1) is 12.1. The summed E-state index contributed by atoms with van der Waals surface area (Å²) in [6.07, 6.45) is 11.0. The van der Waals surface area contributed by atoms with Gasteiger partial charge in [-0.3, -0.25) is 19.3 Å². The van der Waals surface area contributed by atoms with Crippen molar-refractivity contribution < 1.29 is 14.4 Å². The Balaban J connectivity index is 1.17. The molecule has 0 aromatic rings. The van der Waals surface area contributed by atoms with Crippen molar-refractivity contribution in [3.8, 4) is 0 Å². The average molecular weight is 338 g/mol. The summed E-state index contributed by atoms with van der Waals surface area (Å²) < 4.78 is 0. The van der Waals surface area contributed by atoms with Crippen LogP contribution in [0.25, 0.3) is 0 Å². The molecular formula is C20H22N2O3. The van der Waals surface area contributed by atoms with Crippen molar-refractivity contribution in [2.24, 2.45) is 47.3 Å². The fourth-order valence-electron chi connectivity index (χ4n) is 6.71. The first kappa shape index (κ1) is 14.3. The number of hydrogen-bond acceptors (Lipinski definition) is 3. The Bertz CT molecular complexity index is 706. The van der Waals surface area contributed by atoms with Crippen molar-refractivity contribution in [1.82, 2.24) is 9.80 Å². The summed E-state index contributed by atoms with van der Waals surface area (Å²) in [5.74, 6) is 2.18. The van der Waals surface area contributed by atoms with E-state index in [1.165, 1.54) is 11.3 Å². The van der Waals surface area contributed by atoms with Crippen LogP contribution in [0.4, 0.5) is 0 Å². The molecule has 8 atom stereocenters. The maximum absolute atomic E-state index is 12.8. The van der Waals surface area contributed by atoms with E-state index >= 15 is 0 Å². The molecule has 6 rings (SSSR count). The third-order valence-electron chi connectivity index (χ3n) is 7.87. The van der Waals surface area contributed by atoms with E-state index in [1.807, 2.05) is 4.90 Å². The maximum atomic E-state index is 12.8. The van der Waals surface area contributed by atoms with Gasteiger partial charge in [-0.1, -0.05) is 24.3 Å². The smallest absolute Gasteiger partial charge is 0.242 e. The first-order valence-electron chi connectivity index (χ1n) is 9.61. The molecule has 4 bridgehead atoms. The standard InChI is InChI=1S/C20H22N2O3/c23-16(21-7-14-10-1-2-11(5-10)15(14)8-21)9-22-19(24)17-12-3-4-13(6-12)18(17)20(22)25/h1-4,10-15,17-18H,5-9H2. The molecule has 2 heterocycles. The zero-order valence-corrected chi connectivity index (χ0v) is 14.1. The minimum Gasteiger partial charge on any atom is -0.341 e. The monoisotopic (exact) mass is 338 g/mol. The molecular weight excluding hydrogens is 316 g/mol. The Hall–Kier alpha value is -1.91. The zero-order valence-electron chi connectivity index (χ0n) is 14.1. The number of imide groups is 1. The van der Waals surface area contributed by atoms with Crippen LogP contribution in [0.3, 0.4) is 0 Å². The van der Waals surface area contributed by atoms with Crippen LogP contribution in [0.1, 0.15) is 12.8 Å². The lowest BCUT2D eigenvalue weighted by Gasteiger charge is -2.22. The Morgan fingerprint density at radius 3 is 1.88 bits per heavy atom. The Morgan fingerprint density at radius 2 is 1.32 bits per heavy atom. The Morgan fingerprint density at radius 1 is 0.840 bits per heavy atom. The quantitative estimate of drug-likeness (QED) is 0.559. The third kappa shape index (κ3) is 1.72. The molecule has 6 aliphatic rings. The zero-order chi connectivity index (χ0) is 16.9. The van der Waals surface area contributed by atoms with Crippen LogP contribution in [0.2, 0.25) is 0 Å². The number of carbonyl (C=O) groups excluding carboxylic acids is 3. The van der Waals surface area contributed by atoms with Crippen LogP contribution in [0.5, 0.6) is 0 Å².